The zero-order valence-electron chi connectivity index (χ0n) is 27.4. The Morgan fingerprint density at radius 2 is 1.58 bits per heavy atom. The summed E-state index contributed by atoms with van der Waals surface area (Å²) in [6.45, 7) is 1.95. The highest BCUT2D eigenvalue weighted by Gasteiger charge is 2.70. The fraction of sp³-hybridized carbons (Fsp3) is 0.250. The minimum Gasteiger partial charge on any atom is -0.508 e. The van der Waals surface area contributed by atoms with E-state index in [1.165, 1.54) is 24.1 Å². The van der Waals surface area contributed by atoms with Crippen molar-refractivity contribution >= 4 is 46.6 Å². The van der Waals surface area contributed by atoms with Crippen LogP contribution in [0.1, 0.15) is 35.4 Å². The maximum absolute atomic E-state index is 15.3. The number of nitrogens with zero attached hydrogens (tertiary/aromatic N) is 2. The van der Waals surface area contributed by atoms with Crippen molar-refractivity contribution in [2.45, 2.75) is 31.1 Å². The largest absolute Gasteiger partial charge is 0.508 e. The number of rotatable bonds is 6. The zero-order chi connectivity index (χ0) is 34.9. The molecule has 0 bridgehead atoms. The second-order valence-corrected chi connectivity index (χ2v) is 13.9. The number of benzene rings is 4. The van der Waals surface area contributed by atoms with E-state index >= 15 is 4.79 Å². The van der Waals surface area contributed by atoms with Crippen LogP contribution in [-0.2, 0) is 24.6 Å². The minimum absolute atomic E-state index is 0.0207. The number of fused-ring (bicyclic) bond motifs is 4. The number of allylic oxidation sites excluding steroid dienone is 2. The summed E-state index contributed by atoms with van der Waals surface area (Å²) < 4.78 is 5.84. The second-order valence-electron chi connectivity index (χ2n) is 13.5. The van der Waals surface area contributed by atoms with Gasteiger partial charge < -0.3 is 9.84 Å². The maximum atomic E-state index is 15.3. The van der Waals surface area contributed by atoms with Gasteiger partial charge in [-0.1, -0.05) is 77.3 Å². The molecule has 252 valence electrons. The number of aromatic hydroxyl groups is 1. The molecule has 2 heterocycles. The molecule has 2 N–H and O–H groups in total. The van der Waals surface area contributed by atoms with Gasteiger partial charge in [-0.3, -0.25) is 29.5 Å². The summed E-state index contributed by atoms with van der Waals surface area (Å²) in [5.41, 5.74) is 5.74. The number of carbonyl (C=O) groups is 4. The Kier molecular flexibility index (Phi) is 7.56. The molecule has 6 unspecified atom stereocenters. The third-order valence-electron chi connectivity index (χ3n) is 11.0. The average molecular weight is 688 g/mol. The Bertz CT molecular complexity index is 2080. The number of hydrogen-bond acceptors (Lipinski definition) is 7. The molecule has 2 saturated heterocycles. The first kappa shape index (κ1) is 31.8. The molecule has 1 saturated carbocycles. The summed E-state index contributed by atoms with van der Waals surface area (Å²) >= 11 is 6.13. The van der Waals surface area contributed by atoms with Crippen molar-refractivity contribution in [3.63, 3.8) is 0 Å². The van der Waals surface area contributed by atoms with E-state index in [1.807, 2.05) is 67.6 Å². The van der Waals surface area contributed by atoms with Gasteiger partial charge in [0.2, 0.25) is 11.8 Å². The van der Waals surface area contributed by atoms with Crippen LogP contribution in [0, 0.1) is 30.6 Å². The molecule has 9 nitrogen and oxygen atoms in total. The summed E-state index contributed by atoms with van der Waals surface area (Å²) in [6, 6.07) is 28.1. The highest BCUT2D eigenvalue weighted by Crippen LogP contribution is 2.65. The Balaban J connectivity index is 1.33. The number of hydrazine groups is 1. The van der Waals surface area contributed by atoms with Gasteiger partial charge in [0.25, 0.3) is 11.8 Å². The first-order chi connectivity index (χ1) is 24.1. The lowest BCUT2D eigenvalue weighted by atomic mass is 9.49. The van der Waals surface area contributed by atoms with Gasteiger partial charge in [-0.25, -0.2) is 0 Å². The summed E-state index contributed by atoms with van der Waals surface area (Å²) in [4.78, 5) is 59.7. The third-order valence-corrected chi connectivity index (χ3v) is 11.3. The second kappa shape index (κ2) is 11.9. The molecule has 10 heteroatoms. The van der Waals surface area contributed by atoms with E-state index in [2.05, 4.69) is 5.43 Å². The Labute approximate surface area is 294 Å². The van der Waals surface area contributed by atoms with Crippen molar-refractivity contribution < 1.29 is 29.0 Å². The predicted molar refractivity (Wildman–Crippen MR) is 187 cm³/mol. The van der Waals surface area contributed by atoms with Gasteiger partial charge in [-0.15, -0.1) is 0 Å². The average Bonchev–Trinajstić information content (AvgIpc) is 3.51. The molecule has 0 spiro atoms. The number of anilines is 2. The van der Waals surface area contributed by atoms with E-state index in [9.17, 15) is 19.5 Å². The number of aryl methyl sites for hydroxylation is 1. The molecule has 3 fully saturated rings. The number of ether oxygens (including phenoxy) is 1. The van der Waals surface area contributed by atoms with Gasteiger partial charge in [0.15, 0.2) is 0 Å². The number of hydrogen-bond donors (Lipinski definition) is 2. The van der Waals surface area contributed by atoms with Crippen LogP contribution in [-0.4, -0.2) is 40.9 Å². The molecule has 4 amide bonds. The smallest absolute Gasteiger partial charge is 0.260 e. The lowest BCUT2D eigenvalue weighted by molar-refractivity contribution is -0.138. The maximum Gasteiger partial charge on any atom is 0.260 e. The number of carbonyl (C=O) groups excluding carboxylic acids is 4. The molecule has 2 aliphatic heterocycles. The van der Waals surface area contributed by atoms with Crippen molar-refractivity contribution in [3.8, 4) is 11.5 Å². The lowest BCUT2D eigenvalue weighted by Gasteiger charge is -2.50. The number of phenols is 1. The van der Waals surface area contributed by atoms with Crippen molar-refractivity contribution in [2.75, 3.05) is 17.4 Å². The van der Waals surface area contributed by atoms with Crippen molar-refractivity contribution in [2.24, 2.45) is 23.7 Å². The molecular formula is C40H34ClN3O6. The van der Waals surface area contributed by atoms with E-state index in [0.717, 1.165) is 16.1 Å². The fourth-order valence-electron chi connectivity index (χ4n) is 8.87. The topological polar surface area (TPSA) is 116 Å². The molecule has 50 heavy (non-hydrogen) atoms. The van der Waals surface area contributed by atoms with E-state index in [0.29, 0.717) is 33.3 Å². The summed E-state index contributed by atoms with van der Waals surface area (Å²) in [6.07, 6.45) is 2.45. The molecule has 6 atom stereocenters. The van der Waals surface area contributed by atoms with Gasteiger partial charge in [0, 0.05) is 22.6 Å². The van der Waals surface area contributed by atoms with Crippen LogP contribution in [0.5, 0.6) is 11.5 Å². The van der Waals surface area contributed by atoms with Crippen LogP contribution < -0.4 is 15.1 Å². The molecular weight excluding hydrogens is 654 g/mol. The highest BCUT2D eigenvalue weighted by atomic mass is 35.5. The summed E-state index contributed by atoms with van der Waals surface area (Å²) in [5.74, 6) is -4.78. The first-order valence-electron chi connectivity index (χ1n) is 16.6. The van der Waals surface area contributed by atoms with Crippen LogP contribution >= 0.6 is 11.6 Å². The summed E-state index contributed by atoms with van der Waals surface area (Å²) in [5, 5.41) is 12.1. The zero-order valence-corrected chi connectivity index (χ0v) is 28.1. The predicted octanol–water partition coefficient (Wildman–Crippen LogP) is 6.55. The molecule has 2 aliphatic carbocycles. The highest BCUT2D eigenvalue weighted by molar-refractivity contribution is 6.31. The molecule has 4 aromatic rings. The fourth-order valence-corrected chi connectivity index (χ4v) is 9.00. The number of amides is 4. The number of methoxy groups -OCH3 is 1. The minimum atomic E-state index is -1.45. The van der Waals surface area contributed by atoms with Gasteiger partial charge in [0.05, 0.1) is 41.7 Å². The first-order valence-corrected chi connectivity index (χ1v) is 17.0. The molecule has 0 radical (unpaired) electrons. The van der Waals surface area contributed by atoms with E-state index in [4.69, 9.17) is 16.3 Å². The van der Waals surface area contributed by atoms with Crippen LogP contribution in [0.2, 0.25) is 5.02 Å². The van der Waals surface area contributed by atoms with E-state index < -0.39 is 46.8 Å². The molecule has 4 aliphatic rings. The van der Waals surface area contributed by atoms with Crippen LogP contribution in [0.25, 0.3) is 0 Å². The van der Waals surface area contributed by atoms with Gasteiger partial charge >= 0.3 is 0 Å². The monoisotopic (exact) mass is 687 g/mol. The van der Waals surface area contributed by atoms with Crippen LogP contribution in [0.4, 0.5) is 11.4 Å². The summed E-state index contributed by atoms with van der Waals surface area (Å²) in [7, 11) is 1.49. The van der Waals surface area contributed by atoms with Crippen molar-refractivity contribution in [1.82, 2.24) is 5.01 Å². The van der Waals surface area contributed by atoms with Gasteiger partial charge in [-0.2, -0.15) is 5.01 Å². The van der Waals surface area contributed by atoms with E-state index in [-0.39, 0.29) is 30.4 Å². The molecule has 8 rings (SSSR count). The number of imide groups is 2. The van der Waals surface area contributed by atoms with Crippen LogP contribution in [0.15, 0.2) is 109 Å². The number of halogens is 1. The third kappa shape index (κ3) is 4.60. The Hall–Kier alpha value is -5.41. The van der Waals surface area contributed by atoms with Crippen molar-refractivity contribution in [3.05, 3.63) is 130 Å². The lowest BCUT2D eigenvalue weighted by Crippen LogP contribution is -2.53. The Morgan fingerprint density at radius 1 is 0.860 bits per heavy atom. The quantitative estimate of drug-likeness (QED) is 0.174. The van der Waals surface area contributed by atoms with Gasteiger partial charge in [0.1, 0.15) is 11.5 Å². The van der Waals surface area contributed by atoms with Gasteiger partial charge in [-0.05, 0) is 73.7 Å². The normalized spacial score (nSPS) is 27.1. The number of nitrogens with one attached hydrogen (secondary N) is 1. The van der Waals surface area contributed by atoms with Crippen LogP contribution in [0.3, 0.4) is 0 Å². The Morgan fingerprint density at radius 3 is 2.28 bits per heavy atom. The van der Waals surface area contributed by atoms with Crippen molar-refractivity contribution in [1.29, 1.82) is 0 Å². The van der Waals surface area contributed by atoms with E-state index in [1.54, 1.807) is 30.3 Å². The standard InChI is InChI=1S/C40H34ClN3O6/c1-22-8-12-25(13-9-22)42-44-37(47)32-21-31-28(18-19-30-34(31)38(48)43(36(30)46)26-14-10-24(41)11-15-26)35(29-17-16-27(45)20-33(29)50-2)40(32,39(44)49)23-6-4-3-5-7-23/h3-18,20,30-32,34-35,42,45H,19,21H2,1-2H3. The molecule has 0 aromatic heterocycles. The molecule has 4 aromatic carbocycles. The number of phenolic OH excluding ortho intramolecular Hbond substituents is 1. The SMILES string of the molecule is COc1cc(O)ccc1C1C2=CCC3C(=O)N(c4ccc(Cl)cc4)C(=O)C3C2CC2C(=O)N(Nc3ccc(C)cc3)C(=O)C21c1ccccc1.